The quantitative estimate of drug-likeness (QED) is 0.498. The number of pyridine rings is 2. The van der Waals surface area contributed by atoms with E-state index in [9.17, 15) is 4.79 Å². The first-order valence-corrected chi connectivity index (χ1v) is 9.51. The fraction of sp³-hybridized carbons (Fsp3) is 0.182. The van der Waals surface area contributed by atoms with Crippen LogP contribution in [0.4, 0.5) is 0 Å². The minimum absolute atomic E-state index is 0.151. The SMILES string of the molecule is CCc1nc2ccc(-n3ccc(OCc4ccc(Cl)cc4)cc3=O)cn2c1C. The van der Waals surface area contributed by atoms with Gasteiger partial charge in [0.1, 0.15) is 18.0 Å². The van der Waals surface area contributed by atoms with Crippen molar-refractivity contribution in [2.75, 3.05) is 0 Å². The van der Waals surface area contributed by atoms with Gasteiger partial charge in [0.05, 0.1) is 11.4 Å². The van der Waals surface area contributed by atoms with Gasteiger partial charge in [-0.1, -0.05) is 30.7 Å². The van der Waals surface area contributed by atoms with E-state index in [1.165, 1.54) is 6.07 Å². The van der Waals surface area contributed by atoms with Gasteiger partial charge >= 0.3 is 0 Å². The Morgan fingerprint density at radius 1 is 1.11 bits per heavy atom. The molecule has 0 atom stereocenters. The maximum Gasteiger partial charge on any atom is 0.258 e. The summed E-state index contributed by atoms with van der Waals surface area (Å²) in [5, 5.41) is 0.683. The molecule has 4 aromatic rings. The van der Waals surface area contributed by atoms with Crippen LogP contribution in [0, 0.1) is 6.92 Å². The van der Waals surface area contributed by atoms with E-state index in [0.717, 1.165) is 34.7 Å². The number of hydrogen-bond donors (Lipinski definition) is 0. The Labute approximate surface area is 167 Å². The number of aryl methyl sites for hydroxylation is 2. The number of imidazole rings is 1. The van der Waals surface area contributed by atoms with Crippen molar-refractivity contribution in [3.63, 3.8) is 0 Å². The molecule has 3 aromatic heterocycles. The number of hydrogen-bond acceptors (Lipinski definition) is 3. The van der Waals surface area contributed by atoms with Crippen LogP contribution in [0.2, 0.25) is 5.02 Å². The van der Waals surface area contributed by atoms with Gasteiger partial charge < -0.3 is 9.14 Å². The van der Waals surface area contributed by atoms with Gasteiger partial charge in [0.25, 0.3) is 5.56 Å². The van der Waals surface area contributed by atoms with Crippen LogP contribution in [0.25, 0.3) is 11.3 Å². The van der Waals surface area contributed by atoms with Gasteiger partial charge in [0, 0.05) is 29.2 Å². The summed E-state index contributed by atoms with van der Waals surface area (Å²) < 4.78 is 9.36. The zero-order valence-electron chi connectivity index (χ0n) is 15.7. The van der Waals surface area contributed by atoms with Crippen molar-refractivity contribution in [1.82, 2.24) is 14.0 Å². The molecule has 0 radical (unpaired) electrons. The van der Waals surface area contributed by atoms with Crippen molar-refractivity contribution in [1.29, 1.82) is 0 Å². The lowest BCUT2D eigenvalue weighted by atomic mass is 10.2. The van der Waals surface area contributed by atoms with E-state index in [-0.39, 0.29) is 5.56 Å². The van der Waals surface area contributed by atoms with Gasteiger partial charge in [0.15, 0.2) is 0 Å². The molecule has 0 spiro atoms. The number of aromatic nitrogens is 3. The van der Waals surface area contributed by atoms with Crippen molar-refractivity contribution < 1.29 is 4.74 Å². The molecule has 0 aliphatic rings. The maximum absolute atomic E-state index is 12.6. The van der Waals surface area contributed by atoms with Crippen molar-refractivity contribution in [3.8, 4) is 11.4 Å². The van der Waals surface area contributed by atoms with Crippen LogP contribution in [0.15, 0.2) is 65.7 Å². The summed E-state index contributed by atoms with van der Waals surface area (Å²) in [7, 11) is 0. The first-order chi connectivity index (χ1) is 13.5. The Kier molecular flexibility index (Phi) is 4.92. The number of benzene rings is 1. The number of halogens is 1. The molecule has 28 heavy (non-hydrogen) atoms. The zero-order chi connectivity index (χ0) is 19.7. The Bertz CT molecular complexity index is 1190. The van der Waals surface area contributed by atoms with E-state index >= 15 is 0 Å². The van der Waals surface area contributed by atoms with E-state index in [4.69, 9.17) is 16.3 Å². The van der Waals surface area contributed by atoms with E-state index in [2.05, 4.69) is 11.9 Å². The first kappa shape index (κ1) is 18.3. The zero-order valence-corrected chi connectivity index (χ0v) is 16.5. The predicted octanol–water partition coefficient (Wildman–Crippen LogP) is 4.59. The van der Waals surface area contributed by atoms with Gasteiger partial charge in [-0.15, -0.1) is 0 Å². The fourth-order valence-corrected chi connectivity index (χ4v) is 3.31. The highest BCUT2D eigenvalue weighted by molar-refractivity contribution is 6.30. The van der Waals surface area contributed by atoms with Gasteiger partial charge in [0.2, 0.25) is 0 Å². The van der Waals surface area contributed by atoms with Gasteiger partial charge in [-0.2, -0.15) is 0 Å². The van der Waals surface area contributed by atoms with Crippen molar-refractivity contribution in [2.45, 2.75) is 26.9 Å². The Morgan fingerprint density at radius 2 is 1.89 bits per heavy atom. The molecule has 1 aromatic carbocycles. The Morgan fingerprint density at radius 3 is 2.61 bits per heavy atom. The summed E-state index contributed by atoms with van der Waals surface area (Å²) in [6.07, 6.45) is 4.54. The fourth-order valence-electron chi connectivity index (χ4n) is 3.19. The lowest BCUT2D eigenvalue weighted by Gasteiger charge is -2.10. The molecule has 3 heterocycles. The average Bonchev–Trinajstić information content (AvgIpc) is 3.03. The highest BCUT2D eigenvalue weighted by atomic mass is 35.5. The van der Waals surface area contributed by atoms with Crippen LogP contribution in [-0.4, -0.2) is 14.0 Å². The second-order valence-electron chi connectivity index (χ2n) is 6.60. The van der Waals surface area contributed by atoms with Crippen molar-refractivity contribution in [3.05, 3.63) is 93.3 Å². The molecule has 6 heteroatoms. The highest BCUT2D eigenvalue weighted by Crippen LogP contribution is 2.17. The van der Waals surface area contributed by atoms with Crippen LogP contribution in [0.1, 0.15) is 23.9 Å². The molecule has 0 saturated heterocycles. The van der Waals surface area contributed by atoms with Crippen LogP contribution < -0.4 is 10.3 Å². The summed E-state index contributed by atoms with van der Waals surface area (Å²) in [6, 6.07) is 14.5. The summed E-state index contributed by atoms with van der Waals surface area (Å²) in [5.74, 6) is 0.532. The van der Waals surface area contributed by atoms with Crippen molar-refractivity contribution >= 4 is 17.2 Å². The largest absolute Gasteiger partial charge is 0.489 e. The molecule has 0 N–H and O–H groups in total. The molecule has 0 aliphatic heterocycles. The standard InChI is InChI=1S/C22H20ClN3O2/c1-3-20-15(2)26-13-18(8-9-21(26)24-20)25-11-10-19(12-22(25)27)28-14-16-4-6-17(23)7-5-16/h4-13H,3,14H2,1-2H3. The van der Waals surface area contributed by atoms with Crippen LogP contribution in [0.5, 0.6) is 5.75 Å². The molecule has 0 bridgehead atoms. The Hall–Kier alpha value is -3.05. The smallest absolute Gasteiger partial charge is 0.258 e. The molecule has 0 amide bonds. The molecule has 0 fully saturated rings. The number of rotatable bonds is 5. The Balaban J connectivity index is 1.59. The van der Waals surface area contributed by atoms with E-state index in [1.54, 1.807) is 16.8 Å². The normalized spacial score (nSPS) is 11.1. The topological polar surface area (TPSA) is 48.5 Å². The van der Waals surface area contributed by atoms with Crippen molar-refractivity contribution in [2.24, 2.45) is 0 Å². The third-order valence-corrected chi connectivity index (χ3v) is 5.01. The predicted molar refractivity (Wildman–Crippen MR) is 111 cm³/mol. The third kappa shape index (κ3) is 3.53. The van der Waals surface area contributed by atoms with Gasteiger partial charge in [-0.3, -0.25) is 9.36 Å². The molecule has 5 nitrogen and oxygen atoms in total. The number of fused-ring (bicyclic) bond motifs is 1. The summed E-state index contributed by atoms with van der Waals surface area (Å²) >= 11 is 5.89. The second kappa shape index (κ2) is 7.52. The minimum atomic E-state index is -0.151. The van der Waals surface area contributed by atoms with E-state index in [0.29, 0.717) is 17.4 Å². The summed E-state index contributed by atoms with van der Waals surface area (Å²) in [4.78, 5) is 17.2. The van der Waals surface area contributed by atoms with Gasteiger partial charge in [-0.05, 0) is 49.2 Å². The number of ether oxygens (including phenoxy) is 1. The first-order valence-electron chi connectivity index (χ1n) is 9.13. The third-order valence-electron chi connectivity index (χ3n) is 4.76. The van der Waals surface area contributed by atoms with Gasteiger partial charge in [-0.25, -0.2) is 4.98 Å². The lowest BCUT2D eigenvalue weighted by molar-refractivity contribution is 0.305. The number of nitrogens with zero attached hydrogens (tertiary/aromatic N) is 3. The molecular formula is C22H20ClN3O2. The van der Waals surface area contributed by atoms with Crippen LogP contribution in [0.3, 0.4) is 0 Å². The van der Waals surface area contributed by atoms with E-state index in [1.807, 2.05) is 53.9 Å². The average molecular weight is 394 g/mol. The van der Waals surface area contributed by atoms with Crippen LogP contribution in [-0.2, 0) is 13.0 Å². The molecular weight excluding hydrogens is 374 g/mol. The summed E-state index contributed by atoms with van der Waals surface area (Å²) in [6.45, 7) is 4.50. The molecule has 0 unspecified atom stereocenters. The lowest BCUT2D eigenvalue weighted by Crippen LogP contribution is -2.17. The second-order valence-corrected chi connectivity index (χ2v) is 7.04. The summed E-state index contributed by atoms with van der Waals surface area (Å²) in [5.41, 5.74) is 4.66. The molecule has 0 aliphatic carbocycles. The molecule has 4 rings (SSSR count). The minimum Gasteiger partial charge on any atom is -0.489 e. The highest BCUT2D eigenvalue weighted by Gasteiger charge is 2.09. The monoisotopic (exact) mass is 393 g/mol. The van der Waals surface area contributed by atoms with E-state index < -0.39 is 0 Å². The molecule has 142 valence electrons. The maximum atomic E-state index is 12.6. The molecule has 0 saturated carbocycles. The van der Waals surface area contributed by atoms with Crippen LogP contribution >= 0.6 is 11.6 Å².